The van der Waals surface area contributed by atoms with E-state index in [2.05, 4.69) is 20.2 Å². The summed E-state index contributed by atoms with van der Waals surface area (Å²) in [5.41, 5.74) is 2.39. The number of hydrogen-bond acceptors (Lipinski definition) is 5. The lowest BCUT2D eigenvalue weighted by atomic mass is 9.96. The molecule has 1 saturated heterocycles. The van der Waals surface area contributed by atoms with Crippen LogP contribution in [-0.2, 0) is 4.79 Å². The number of carbonyl (C=O) groups is 1. The summed E-state index contributed by atoms with van der Waals surface area (Å²) in [6.45, 7) is 1.57. The lowest BCUT2D eigenvalue weighted by molar-refractivity contribution is -0.126. The van der Waals surface area contributed by atoms with Crippen LogP contribution in [0.3, 0.4) is 0 Å². The van der Waals surface area contributed by atoms with Gasteiger partial charge in [0.05, 0.1) is 5.92 Å². The zero-order valence-electron chi connectivity index (χ0n) is 16.8. The molecule has 6 heteroatoms. The van der Waals surface area contributed by atoms with Crippen molar-refractivity contribution in [1.29, 1.82) is 0 Å². The zero-order valence-corrected chi connectivity index (χ0v) is 16.8. The fraction of sp³-hybridized carbons (Fsp3) is 0.522. The number of amides is 1. The van der Waals surface area contributed by atoms with Gasteiger partial charge in [0.2, 0.25) is 5.91 Å². The molecule has 0 radical (unpaired) electrons. The van der Waals surface area contributed by atoms with Gasteiger partial charge in [0.15, 0.2) is 11.4 Å². The lowest BCUT2D eigenvalue weighted by Crippen LogP contribution is -2.46. The highest BCUT2D eigenvalue weighted by Crippen LogP contribution is 2.33. The number of nitrogens with one attached hydrogen (secondary N) is 1. The van der Waals surface area contributed by atoms with Crippen LogP contribution in [0.4, 0.5) is 5.82 Å². The Bertz CT molecular complexity index is 1010. The molecule has 1 amide bonds. The van der Waals surface area contributed by atoms with E-state index in [1.807, 2.05) is 24.3 Å². The molecule has 29 heavy (non-hydrogen) atoms. The van der Waals surface area contributed by atoms with Gasteiger partial charge in [-0.15, -0.1) is 0 Å². The molecule has 1 aliphatic carbocycles. The molecule has 3 heterocycles. The Balaban J connectivity index is 1.36. The Kier molecular flexibility index (Phi) is 5.08. The molecule has 1 atom stereocenters. The molecule has 1 N–H and O–H groups in total. The van der Waals surface area contributed by atoms with Crippen molar-refractivity contribution in [3.8, 4) is 0 Å². The maximum absolute atomic E-state index is 13.0. The summed E-state index contributed by atoms with van der Waals surface area (Å²) >= 11 is 0. The van der Waals surface area contributed by atoms with Crippen LogP contribution in [0.15, 0.2) is 35.0 Å². The number of piperidine rings is 1. The fourth-order valence-corrected chi connectivity index (χ4v) is 4.86. The second-order valence-electron chi connectivity index (χ2n) is 8.46. The van der Waals surface area contributed by atoms with Crippen LogP contribution in [0.5, 0.6) is 0 Å². The highest BCUT2D eigenvalue weighted by molar-refractivity contribution is 6.05. The SMILES string of the molecule is O=C(NC1CCCCCC1)C1CCCN(c2ncnc3c2oc2ccccc23)C1. The summed E-state index contributed by atoms with van der Waals surface area (Å²) in [5.74, 6) is 1.01. The number of aromatic nitrogens is 2. The number of carbonyl (C=O) groups excluding carboxylic acids is 1. The molecule has 152 valence electrons. The topological polar surface area (TPSA) is 71.3 Å². The summed E-state index contributed by atoms with van der Waals surface area (Å²) in [6.07, 6.45) is 10.8. The smallest absolute Gasteiger partial charge is 0.225 e. The van der Waals surface area contributed by atoms with Crippen molar-refractivity contribution in [1.82, 2.24) is 15.3 Å². The van der Waals surface area contributed by atoms with E-state index in [1.54, 1.807) is 6.33 Å². The Labute approximate surface area is 170 Å². The average Bonchev–Trinajstić information content (AvgIpc) is 2.95. The first kappa shape index (κ1) is 18.4. The largest absolute Gasteiger partial charge is 0.450 e. The molecule has 1 saturated carbocycles. The van der Waals surface area contributed by atoms with Crippen molar-refractivity contribution in [3.05, 3.63) is 30.6 Å². The standard InChI is InChI=1S/C23H28N4O2/c28-23(26-17-9-3-1-2-4-10-17)16-8-7-13-27(14-16)22-21-20(24-15-25-22)18-11-5-6-12-19(18)29-21/h5-6,11-12,15-17H,1-4,7-10,13-14H2,(H,26,28). The highest BCUT2D eigenvalue weighted by atomic mass is 16.3. The number of rotatable bonds is 3. The third kappa shape index (κ3) is 3.68. The van der Waals surface area contributed by atoms with Crippen LogP contribution in [0.2, 0.25) is 0 Å². The fourth-order valence-electron chi connectivity index (χ4n) is 4.86. The highest BCUT2D eigenvalue weighted by Gasteiger charge is 2.29. The molecule has 3 aromatic rings. The van der Waals surface area contributed by atoms with E-state index in [0.717, 1.165) is 60.1 Å². The Morgan fingerprint density at radius 3 is 2.72 bits per heavy atom. The van der Waals surface area contributed by atoms with E-state index in [0.29, 0.717) is 12.6 Å². The summed E-state index contributed by atoms with van der Waals surface area (Å²) in [7, 11) is 0. The monoisotopic (exact) mass is 392 g/mol. The molecule has 0 spiro atoms. The molecule has 5 rings (SSSR count). The minimum Gasteiger partial charge on any atom is -0.450 e. The molecule has 2 fully saturated rings. The van der Waals surface area contributed by atoms with Gasteiger partial charge >= 0.3 is 0 Å². The molecule has 2 aliphatic rings. The predicted octanol–water partition coefficient (Wildman–Crippen LogP) is 4.43. The third-order valence-electron chi connectivity index (χ3n) is 6.43. The van der Waals surface area contributed by atoms with Crippen LogP contribution >= 0.6 is 0 Å². The number of nitrogens with zero attached hydrogens (tertiary/aromatic N) is 3. The molecule has 6 nitrogen and oxygen atoms in total. The summed E-state index contributed by atoms with van der Waals surface area (Å²) < 4.78 is 6.10. The van der Waals surface area contributed by atoms with Gasteiger partial charge in [-0.2, -0.15) is 0 Å². The van der Waals surface area contributed by atoms with Gasteiger partial charge in [-0.3, -0.25) is 4.79 Å². The van der Waals surface area contributed by atoms with Gasteiger partial charge in [0.1, 0.15) is 17.4 Å². The number of anilines is 1. The summed E-state index contributed by atoms with van der Waals surface area (Å²) in [6, 6.07) is 8.29. The van der Waals surface area contributed by atoms with E-state index in [4.69, 9.17) is 4.42 Å². The van der Waals surface area contributed by atoms with Gasteiger partial charge in [-0.1, -0.05) is 37.8 Å². The van der Waals surface area contributed by atoms with E-state index < -0.39 is 0 Å². The van der Waals surface area contributed by atoms with Gasteiger partial charge < -0.3 is 14.6 Å². The molecule has 0 bridgehead atoms. The molecule has 1 aliphatic heterocycles. The van der Waals surface area contributed by atoms with Crippen LogP contribution in [0, 0.1) is 5.92 Å². The second-order valence-corrected chi connectivity index (χ2v) is 8.46. The number of furan rings is 1. The summed E-state index contributed by atoms with van der Waals surface area (Å²) in [5, 5.41) is 4.34. The van der Waals surface area contributed by atoms with E-state index in [-0.39, 0.29) is 11.8 Å². The number of hydrogen-bond donors (Lipinski definition) is 1. The second kappa shape index (κ2) is 8.01. The first-order valence-corrected chi connectivity index (χ1v) is 11.0. The van der Waals surface area contributed by atoms with Gasteiger partial charge in [-0.25, -0.2) is 9.97 Å². The average molecular weight is 393 g/mol. The van der Waals surface area contributed by atoms with Crippen molar-refractivity contribution >= 4 is 33.8 Å². The molecule has 1 aromatic carbocycles. The maximum atomic E-state index is 13.0. The zero-order chi connectivity index (χ0) is 19.6. The predicted molar refractivity (Wildman–Crippen MR) is 114 cm³/mol. The van der Waals surface area contributed by atoms with Crippen molar-refractivity contribution < 1.29 is 9.21 Å². The minimum atomic E-state index is 0.00129. The molecular weight excluding hydrogens is 364 g/mol. The van der Waals surface area contributed by atoms with Gasteiger partial charge in [0.25, 0.3) is 0 Å². The van der Waals surface area contributed by atoms with E-state index >= 15 is 0 Å². The summed E-state index contributed by atoms with van der Waals surface area (Å²) in [4.78, 5) is 24.2. The third-order valence-corrected chi connectivity index (χ3v) is 6.43. The maximum Gasteiger partial charge on any atom is 0.225 e. The molecular formula is C23H28N4O2. The first-order chi connectivity index (χ1) is 14.3. The van der Waals surface area contributed by atoms with Crippen molar-refractivity contribution in [3.63, 3.8) is 0 Å². The normalized spacial score (nSPS) is 21.4. The number of fused-ring (bicyclic) bond motifs is 3. The molecule has 1 unspecified atom stereocenters. The van der Waals surface area contributed by atoms with Crippen LogP contribution < -0.4 is 10.2 Å². The van der Waals surface area contributed by atoms with Crippen molar-refractivity contribution in [2.75, 3.05) is 18.0 Å². The van der Waals surface area contributed by atoms with Gasteiger partial charge in [0, 0.05) is 24.5 Å². The Morgan fingerprint density at radius 1 is 1.03 bits per heavy atom. The van der Waals surface area contributed by atoms with Crippen LogP contribution in [-0.4, -0.2) is 35.0 Å². The van der Waals surface area contributed by atoms with Crippen molar-refractivity contribution in [2.45, 2.75) is 57.4 Å². The Morgan fingerprint density at radius 2 is 1.86 bits per heavy atom. The van der Waals surface area contributed by atoms with Crippen LogP contribution in [0.25, 0.3) is 22.1 Å². The first-order valence-electron chi connectivity index (χ1n) is 11.0. The van der Waals surface area contributed by atoms with E-state index in [9.17, 15) is 4.79 Å². The van der Waals surface area contributed by atoms with Crippen LogP contribution in [0.1, 0.15) is 51.4 Å². The van der Waals surface area contributed by atoms with E-state index in [1.165, 1.54) is 25.7 Å². The number of para-hydroxylation sites is 1. The quantitative estimate of drug-likeness (QED) is 0.668. The lowest BCUT2D eigenvalue weighted by Gasteiger charge is -2.33. The Hall–Kier alpha value is -2.63. The minimum absolute atomic E-state index is 0.00129. The molecule has 2 aromatic heterocycles. The number of benzene rings is 1. The van der Waals surface area contributed by atoms with Gasteiger partial charge in [-0.05, 0) is 37.8 Å². The van der Waals surface area contributed by atoms with Crippen molar-refractivity contribution in [2.24, 2.45) is 5.92 Å².